The molecule has 0 amide bonds. The van der Waals surface area contributed by atoms with E-state index in [4.69, 9.17) is 22.1 Å². The molecule has 8 heteroatoms. The largest absolute Gasteiger partial charge is 0.497 e. The lowest BCUT2D eigenvalue weighted by Crippen LogP contribution is -2.34. The van der Waals surface area contributed by atoms with E-state index in [-0.39, 0.29) is 11.5 Å². The number of benzene rings is 1. The van der Waals surface area contributed by atoms with Gasteiger partial charge in [0, 0.05) is 11.9 Å². The van der Waals surface area contributed by atoms with E-state index in [0.717, 1.165) is 11.3 Å². The number of nitrogens with zero attached hydrogens (tertiary/aromatic N) is 2. The topological polar surface area (TPSA) is 96.4 Å². The second kappa shape index (κ2) is 8.21. The molecule has 1 atom stereocenters. The van der Waals surface area contributed by atoms with E-state index in [1.807, 2.05) is 13.0 Å². The predicted molar refractivity (Wildman–Crippen MR) is 94.1 cm³/mol. The Labute approximate surface area is 145 Å². The number of carboxylic acid groups (broad SMARTS) is 1. The van der Waals surface area contributed by atoms with E-state index < -0.39 is 12.0 Å². The van der Waals surface area contributed by atoms with E-state index in [1.54, 1.807) is 37.6 Å². The van der Waals surface area contributed by atoms with Gasteiger partial charge >= 0.3 is 5.97 Å². The highest BCUT2D eigenvalue weighted by Gasteiger charge is 2.17. The highest BCUT2D eigenvalue weighted by Crippen LogP contribution is 2.22. The van der Waals surface area contributed by atoms with Crippen LogP contribution in [0.1, 0.15) is 23.7 Å². The maximum atomic E-state index is 11.2. The molecule has 0 spiro atoms. The molecule has 1 aromatic carbocycles. The summed E-state index contributed by atoms with van der Waals surface area (Å²) in [7, 11) is 1.56. The molecule has 0 bridgehead atoms. The van der Waals surface area contributed by atoms with Crippen molar-refractivity contribution >= 4 is 29.2 Å². The zero-order chi connectivity index (χ0) is 17.5. The van der Waals surface area contributed by atoms with Gasteiger partial charge in [-0.15, -0.1) is 0 Å². The van der Waals surface area contributed by atoms with Crippen LogP contribution >= 0.6 is 12.2 Å². The van der Waals surface area contributed by atoms with Crippen molar-refractivity contribution in [1.82, 2.24) is 15.3 Å². The zero-order valence-electron chi connectivity index (χ0n) is 13.3. The van der Waals surface area contributed by atoms with Gasteiger partial charge in [0.15, 0.2) is 5.11 Å². The Morgan fingerprint density at radius 1 is 1.42 bits per heavy atom. The summed E-state index contributed by atoms with van der Waals surface area (Å²) in [5.41, 5.74) is 1.55. The summed E-state index contributed by atoms with van der Waals surface area (Å²) in [4.78, 5) is 19.4. The second-order valence-corrected chi connectivity index (χ2v) is 5.46. The van der Waals surface area contributed by atoms with Gasteiger partial charge < -0.3 is 20.5 Å². The third-order valence-corrected chi connectivity index (χ3v) is 3.42. The number of rotatable bonds is 6. The van der Waals surface area contributed by atoms with E-state index in [1.165, 1.54) is 0 Å². The number of carboxylic acids is 1. The third kappa shape index (κ3) is 5.17. The summed E-state index contributed by atoms with van der Waals surface area (Å²) in [5.74, 6) is 0.0581. The molecule has 3 N–H and O–H groups in total. The maximum Gasteiger partial charge on any atom is 0.305 e. The highest BCUT2D eigenvalue weighted by atomic mass is 32.1. The number of aromatic nitrogens is 2. The smallest absolute Gasteiger partial charge is 0.305 e. The zero-order valence-corrected chi connectivity index (χ0v) is 14.1. The quantitative estimate of drug-likeness (QED) is 0.686. The number of ether oxygens (including phenoxy) is 1. The first-order chi connectivity index (χ1) is 11.5. The first kappa shape index (κ1) is 17.6. The number of aryl methyl sites for hydroxylation is 1. The molecule has 0 aliphatic carbocycles. The average molecular weight is 346 g/mol. The molecule has 0 aliphatic rings. The lowest BCUT2D eigenvalue weighted by Gasteiger charge is -2.20. The monoisotopic (exact) mass is 346 g/mol. The fourth-order valence-corrected chi connectivity index (χ4v) is 2.32. The molecule has 0 radical (unpaired) electrons. The minimum Gasteiger partial charge on any atom is -0.497 e. The van der Waals surface area contributed by atoms with Crippen molar-refractivity contribution < 1.29 is 14.6 Å². The molecular weight excluding hydrogens is 328 g/mol. The molecular formula is C16H18N4O3S. The van der Waals surface area contributed by atoms with Gasteiger partial charge in [0.2, 0.25) is 5.95 Å². The Balaban J connectivity index is 2.13. The fraction of sp³-hybridized carbons (Fsp3) is 0.250. The summed E-state index contributed by atoms with van der Waals surface area (Å²) < 4.78 is 5.18. The lowest BCUT2D eigenvalue weighted by molar-refractivity contribution is -0.137. The van der Waals surface area contributed by atoms with Crippen molar-refractivity contribution in [2.45, 2.75) is 19.4 Å². The van der Waals surface area contributed by atoms with E-state index >= 15 is 0 Å². The number of anilines is 1. The van der Waals surface area contributed by atoms with Crippen LogP contribution in [0.3, 0.4) is 0 Å². The number of hydrogen-bond donors (Lipinski definition) is 3. The minimum atomic E-state index is -0.940. The summed E-state index contributed by atoms with van der Waals surface area (Å²) in [5, 5.41) is 15.2. The van der Waals surface area contributed by atoms with E-state index in [2.05, 4.69) is 20.6 Å². The molecule has 24 heavy (non-hydrogen) atoms. The van der Waals surface area contributed by atoms with Crippen molar-refractivity contribution in [2.24, 2.45) is 0 Å². The van der Waals surface area contributed by atoms with Gasteiger partial charge in [0.1, 0.15) is 5.75 Å². The van der Waals surface area contributed by atoms with Crippen LogP contribution in [0.2, 0.25) is 0 Å². The average Bonchev–Trinajstić information content (AvgIpc) is 2.54. The summed E-state index contributed by atoms with van der Waals surface area (Å²) in [6, 6.07) is 8.43. The second-order valence-electron chi connectivity index (χ2n) is 5.05. The van der Waals surface area contributed by atoms with Crippen molar-refractivity contribution in [3.8, 4) is 5.75 Å². The number of nitrogens with one attached hydrogen (secondary N) is 2. The van der Waals surface area contributed by atoms with Crippen LogP contribution in [0.25, 0.3) is 0 Å². The van der Waals surface area contributed by atoms with Gasteiger partial charge in [-0.3, -0.25) is 4.79 Å². The van der Waals surface area contributed by atoms with Crippen molar-refractivity contribution in [2.75, 3.05) is 12.4 Å². The van der Waals surface area contributed by atoms with Gasteiger partial charge in [-0.05, 0) is 42.9 Å². The van der Waals surface area contributed by atoms with Crippen LogP contribution < -0.4 is 15.4 Å². The molecule has 1 unspecified atom stereocenters. The molecule has 1 aromatic heterocycles. The summed E-state index contributed by atoms with van der Waals surface area (Å²) >= 11 is 5.24. The predicted octanol–water partition coefficient (Wildman–Crippen LogP) is 2.30. The van der Waals surface area contributed by atoms with Crippen molar-refractivity contribution in [3.05, 3.63) is 47.8 Å². The standard InChI is InChI=1S/C16H18N4O3S/c1-10-6-7-17-15(18-10)20-16(24)19-13(9-14(21)22)11-4-3-5-12(8-11)23-2/h3-8,13H,9H2,1-2H3,(H,21,22)(H2,17,18,19,20,24). The SMILES string of the molecule is COc1cccc(C(CC(=O)O)NC(=S)Nc2nccc(C)n2)c1. The van der Waals surface area contributed by atoms with Crippen molar-refractivity contribution in [1.29, 1.82) is 0 Å². The Morgan fingerprint density at radius 2 is 2.21 bits per heavy atom. The number of hydrogen-bond acceptors (Lipinski definition) is 5. The molecule has 0 saturated heterocycles. The van der Waals surface area contributed by atoms with Gasteiger partial charge in [0.25, 0.3) is 0 Å². The van der Waals surface area contributed by atoms with Crippen LogP contribution in [-0.2, 0) is 4.79 Å². The summed E-state index contributed by atoms with van der Waals surface area (Å²) in [6.07, 6.45) is 1.48. The summed E-state index contributed by atoms with van der Waals surface area (Å²) in [6.45, 7) is 1.84. The number of carbonyl (C=O) groups is 1. The normalized spacial score (nSPS) is 11.4. The van der Waals surface area contributed by atoms with E-state index in [0.29, 0.717) is 11.7 Å². The molecule has 2 aromatic rings. The maximum absolute atomic E-state index is 11.2. The number of methoxy groups -OCH3 is 1. The highest BCUT2D eigenvalue weighted by molar-refractivity contribution is 7.80. The third-order valence-electron chi connectivity index (χ3n) is 3.20. The first-order valence-corrected chi connectivity index (χ1v) is 7.61. The molecule has 1 heterocycles. The molecule has 126 valence electrons. The molecule has 0 saturated carbocycles. The van der Waals surface area contributed by atoms with E-state index in [9.17, 15) is 4.79 Å². The fourth-order valence-electron chi connectivity index (χ4n) is 2.09. The number of aliphatic carboxylic acids is 1. The Hall–Kier alpha value is -2.74. The molecule has 7 nitrogen and oxygen atoms in total. The number of thiocarbonyl (C=S) groups is 1. The van der Waals surface area contributed by atoms with Crippen LogP contribution in [-0.4, -0.2) is 33.3 Å². The van der Waals surface area contributed by atoms with Crippen molar-refractivity contribution in [3.63, 3.8) is 0 Å². The molecule has 2 rings (SSSR count). The van der Waals surface area contributed by atoms with Crippen LogP contribution in [0.15, 0.2) is 36.5 Å². The van der Waals surface area contributed by atoms with Crippen LogP contribution in [0, 0.1) is 6.92 Å². The molecule has 0 fully saturated rings. The Kier molecular flexibility index (Phi) is 6.02. The van der Waals surface area contributed by atoms with Gasteiger partial charge in [0.05, 0.1) is 19.6 Å². The lowest BCUT2D eigenvalue weighted by atomic mass is 10.0. The van der Waals surface area contributed by atoms with Gasteiger partial charge in [-0.2, -0.15) is 0 Å². The van der Waals surface area contributed by atoms with Gasteiger partial charge in [-0.25, -0.2) is 9.97 Å². The van der Waals surface area contributed by atoms with Gasteiger partial charge in [-0.1, -0.05) is 12.1 Å². The Morgan fingerprint density at radius 3 is 2.88 bits per heavy atom. The first-order valence-electron chi connectivity index (χ1n) is 7.21. The van der Waals surface area contributed by atoms with Crippen LogP contribution in [0.5, 0.6) is 5.75 Å². The molecule has 0 aliphatic heterocycles. The Bertz CT molecular complexity index is 739. The van der Waals surface area contributed by atoms with Crippen LogP contribution in [0.4, 0.5) is 5.95 Å². The minimum absolute atomic E-state index is 0.135.